The number of ether oxygens (including phenoxy) is 3. The molecule has 1 aromatic carbocycles. The standard InChI is InChI=1S/C19H19ClO6S/c1-2-24-17(21)10-6-9-14(18(22)15-11-12-16(20)27-15)26-19(23)25-13-7-4-3-5-8-13/h3-5,7-8,11-12,14H,2,6,9-10H2,1H3. The highest BCUT2D eigenvalue weighted by molar-refractivity contribution is 7.18. The first-order chi connectivity index (χ1) is 13.0. The predicted molar refractivity (Wildman–Crippen MR) is 101 cm³/mol. The summed E-state index contributed by atoms with van der Waals surface area (Å²) in [5.74, 6) is -0.449. The minimum atomic E-state index is -1.08. The number of rotatable bonds is 9. The first kappa shape index (κ1) is 20.9. The molecule has 1 aromatic heterocycles. The van der Waals surface area contributed by atoms with E-state index >= 15 is 0 Å². The molecular weight excluding hydrogens is 392 g/mol. The summed E-state index contributed by atoms with van der Waals surface area (Å²) >= 11 is 6.97. The molecule has 0 fully saturated rings. The Labute approximate surface area is 166 Å². The molecule has 2 rings (SSSR count). The average molecular weight is 411 g/mol. The van der Waals surface area contributed by atoms with Crippen molar-refractivity contribution in [3.63, 3.8) is 0 Å². The summed E-state index contributed by atoms with van der Waals surface area (Å²) in [7, 11) is 0. The Hall–Kier alpha value is -2.38. The third-order valence-corrected chi connectivity index (χ3v) is 4.69. The highest BCUT2D eigenvalue weighted by atomic mass is 35.5. The van der Waals surface area contributed by atoms with Gasteiger partial charge >= 0.3 is 12.1 Å². The molecule has 8 heteroatoms. The van der Waals surface area contributed by atoms with Gasteiger partial charge in [0.05, 0.1) is 15.8 Å². The molecule has 0 N–H and O–H groups in total. The Morgan fingerprint density at radius 2 is 1.85 bits per heavy atom. The van der Waals surface area contributed by atoms with Gasteiger partial charge in [-0.25, -0.2) is 4.79 Å². The second-order valence-electron chi connectivity index (χ2n) is 5.44. The number of carbonyl (C=O) groups excluding carboxylic acids is 3. The molecule has 0 amide bonds. The fraction of sp³-hybridized carbons (Fsp3) is 0.316. The topological polar surface area (TPSA) is 78.9 Å². The first-order valence-electron chi connectivity index (χ1n) is 8.38. The van der Waals surface area contributed by atoms with Gasteiger partial charge in [-0.3, -0.25) is 9.59 Å². The van der Waals surface area contributed by atoms with Crippen LogP contribution in [0.4, 0.5) is 4.79 Å². The number of thiophene rings is 1. The fourth-order valence-corrected chi connectivity index (χ4v) is 3.27. The van der Waals surface area contributed by atoms with Crippen molar-refractivity contribution in [1.82, 2.24) is 0 Å². The summed E-state index contributed by atoms with van der Waals surface area (Å²) in [5.41, 5.74) is 0. The van der Waals surface area contributed by atoms with E-state index in [0.29, 0.717) is 21.4 Å². The van der Waals surface area contributed by atoms with Crippen LogP contribution in [-0.2, 0) is 14.3 Å². The molecule has 0 aliphatic carbocycles. The van der Waals surface area contributed by atoms with Crippen molar-refractivity contribution in [2.75, 3.05) is 6.61 Å². The average Bonchev–Trinajstić information content (AvgIpc) is 3.07. The van der Waals surface area contributed by atoms with Gasteiger partial charge in [-0.2, -0.15) is 0 Å². The molecule has 6 nitrogen and oxygen atoms in total. The summed E-state index contributed by atoms with van der Waals surface area (Å²) in [5, 5.41) is 0. The predicted octanol–water partition coefficient (Wildman–Crippen LogP) is 4.90. The summed E-state index contributed by atoms with van der Waals surface area (Å²) in [6, 6.07) is 11.5. The molecule has 0 spiro atoms. The van der Waals surface area contributed by atoms with Crippen LogP contribution in [0, 0.1) is 0 Å². The maximum absolute atomic E-state index is 12.7. The Kier molecular flexibility index (Phi) is 8.29. The quantitative estimate of drug-likeness (QED) is 0.332. The Morgan fingerprint density at radius 3 is 2.48 bits per heavy atom. The minimum Gasteiger partial charge on any atom is -0.466 e. The molecule has 2 aromatic rings. The van der Waals surface area contributed by atoms with Crippen LogP contribution in [0.15, 0.2) is 42.5 Å². The molecule has 0 saturated heterocycles. The maximum Gasteiger partial charge on any atom is 0.514 e. The highest BCUT2D eigenvalue weighted by Gasteiger charge is 2.26. The van der Waals surface area contributed by atoms with Gasteiger partial charge in [0.15, 0.2) is 6.10 Å². The maximum atomic E-state index is 12.7. The van der Waals surface area contributed by atoms with Gasteiger partial charge in [0, 0.05) is 6.42 Å². The lowest BCUT2D eigenvalue weighted by molar-refractivity contribution is -0.143. The van der Waals surface area contributed by atoms with Crippen LogP contribution in [0.3, 0.4) is 0 Å². The number of ketones is 1. The number of hydrogen-bond acceptors (Lipinski definition) is 7. The molecular formula is C19H19ClO6S. The lowest BCUT2D eigenvalue weighted by Gasteiger charge is -2.15. The molecule has 1 unspecified atom stereocenters. The number of benzene rings is 1. The molecule has 0 saturated carbocycles. The summed E-state index contributed by atoms with van der Waals surface area (Å²) in [6.07, 6.45) is -1.45. The summed E-state index contributed by atoms with van der Waals surface area (Å²) in [6.45, 7) is 2.00. The van der Waals surface area contributed by atoms with E-state index in [4.69, 9.17) is 25.8 Å². The zero-order valence-electron chi connectivity index (χ0n) is 14.7. The highest BCUT2D eigenvalue weighted by Crippen LogP contribution is 2.25. The zero-order chi connectivity index (χ0) is 19.6. The van der Waals surface area contributed by atoms with E-state index in [1.165, 1.54) is 0 Å². The van der Waals surface area contributed by atoms with E-state index in [1.807, 2.05) is 0 Å². The minimum absolute atomic E-state index is 0.125. The van der Waals surface area contributed by atoms with Crippen molar-refractivity contribution in [3.8, 4) is 5.75 Å². The van der Waals surface area contributed by atoms with Crippen LogP contribution in [-0.4, -0.2) is 30.6 Å². The number of hydrogen-bond donors (Lipinski definition) is 0. The second kappa shape index (κ2) is 10.7. The zero-order valence-corrected chi connectivity index (χ0v) is 16.3. The number of halogens is 1. The van der Waals surface area contributed by atoms with Crippen molar-refractivity contribution in [1.29, 1.82) is 0 Å². The molecule has 1 heterocycles. The molecule has 1 atom stereocenters. The Balaban J connectivity index is 2.00. The van der Waals surface area contributed by atoms with E-state index in [1.54, 1.807) is 49.4 Å². The van der Waals surface area contributed by atoms with Crippen LogP contribution in [0.2, 0.25) is 4.34 Å². The number of para-hydroxylation sites is 1. The molecule has 0 bridgehead atoms. The molecule has 27 heavy (non-hydrogen) atoms. The van der Waals surface area contributed by atoms with E-state index in [0.717, 1.165) is 11.3 Å². The smallest absolute Gasteiger partial charge is 0.466 e. The van der Waals surface area contributed by atoms with Gasteiger partial charge in [0.2, 0.25) is 5.78 Å². The van der Waals surface area contributed by atoms with Crippen LogP contribution >= 0.6 is 22.9 Å². The SMILES string of the molecule is CCOC(=O)CCCC(OC(=O)Oc1ccccc1)C(=O)c1ccc(Cl)s1. The number of Topliss-reactive ketones (excluding diaryl/α,β-unsaturated/α-hetero) is 1. The third kappa shape index (κ3) is 7.03. The van der Waals surface area contributed by atoms with Gasteiger partial charge in [-0.1, -0.05) is 29.8 Å². The van der Waals surface area contributed by atoms with Crippen LogP contribution in [0.25, 0.3) is 0 Å². The van der Waals surface area contributed by atoms with Crippen LogP contribution in [0.1, 0.15) is 35.9 Å². The summed E-state index contributed by atoms with van der Waals surface area (Å²) < 4.78 is 15.6. The van der Waals surface area contributed by atoms with E-state index in [-0.39, 0.29) is 31.2 Å². The van der Waals surface area contributed by atoms with Crippen molar-refractivity contribution in [2.45, 2.75) is 32.3 Å². The van der Waals surface area contributed by atoms with Gasteiger partial charge in [0.1, 0.15) is 5.75 Å². The molecule has 0 aliphatic rings. The lowest BCUT2D eigenvalue weighted by Crippen LogP contribution is -2.28. The molecule has 0 radical (unpaired) electrons. The van der Waals surface area contributed by atoms with E-state index in [9.17, 15) is 14.4 Å². The van der Waals surface area contributed by atoms with Crippen LogP contribution in [0.5, 0.6) is 5.75 Å². The third-order valence-electron chi connectivity index (χ3n) is 3.44. The van der Waals surface area contributed by atoms with Gasteiger partial charge in [-0.15, -0.1) is 11.3 Å². The summed E-state index contributed by atoms with van der Waals surface area (Å²) in [4.78, 5) is 36.5. The van der Waals surface area contributed by atoms with Crippen molar-refractivity contribution >= 4 is 40.8 Å². The molecule has 0 aliphatic heterocycles. The van der Waals surface area contributed by atoms with Crippen LogP contribution < -0.4 is 4.74 Å². The van der Waals surface area contributed by atoms with Gasteiger partial charge in [0.25, 0.3) is 0 Å². The normalized spacial score (nSPS) is 11.5. The van der Waals surface area contributed by atoms with E-state index in [2.05, 4.69) is 0 Å². The van der Waals surface area contributed by atoms with Crippen molar-refractivity contribution in [2.24, 2.45) is 0 Å². The Bertz CT molecular complexity index is 774. The van der Waals surface area contributed by atoms with Crippen molar-refractivity contribution in [3.05, 3.63) is 51.7 Å². The van der Waals surface area contributed by atoms with Crippen molar-refractivity contribution < 1.29 is 28.6 Å². The largest absolute Gasteiger partial charge is 0.514 e. The number of esters is 1. The lowest BCUT2D eigenvalue weighted by atomic mass is 10.1. The second-order valence-corrected chi connectivity index (χ2v) is 7.15. The Morgan fingerprint density at radius 1 is 1.11 bits per heavy atom. The fourth-order valence-electron chi connectivity index (χ4n) is 2.24. The van der Waals surface area contributed by atoms with E-state index < -0.39 is 12.3 Å². The molecule has 144 valence electrons. The monoisotopic (exact) mass is 410 g/mol. The first-order valence-corrected chi connectivity index (χ1v) is 9.57. The van der Waals surface area contributed by atoms with Gasteiger partial charge in [-0.05, 0) is 44.0 Å². The van der Waals surface area contributed by atoms with Gasteiger partial charge < -0.3 is 14.2 Å². The number of carbonyl (C=O) groups is 3.